The second kappa shape index (κ2) is 7.43. The molecule has 0 aliphatic heterocycles. The van der Waals surface area contributed by atoms with Gasteiger partial charge in [0.05, 0.1) is 0 Å². The number of carbonyl (C=O) groups is 1. The Morgan fingerprint density at radius 1 is 1.29 bits per heavy atom. The van der Waals surface area contributed by atoms with Crippen molar-refractivity contribution < 1.29 is 4.79 Å². The number of nitrogens with zero attached hydrogens (tertiary/aromatic N) is 1. The number of nitrogens with one attached hydrogen (secondary N) is 2. The van der Waals surface area contributed by atoms with Crippen LogP contribution >= 0.6 is 15.9 Å². The maximum atomic E-state index is 12.1. The molecule has 5 heteroatoms. The molecule has 2 rings (SSSR count). The lowest BCUT2D eigenvalue weighted by molar-refractivity contribution is -0.116. The summed E-state index contributed by atoms with van der Waals surface area (Å²) in [4.78, 5) is 12.1. The Balaban J connectivity index is 2.00. The van der Waals surface area contributed by atoms with Gasteiger partial charge in [0.25, 0.3) is 0 Å². The van der Waals surface area contributed by atoms with E-state index in [0.29, 0.717) is 6.54 Å². The van der Waals surface area contributed by atoms with Gasteiger partial charge in [0.15, 0.2) is 0 Å². The van der Waals surface area contributed by atoms with Crippen LogP contribution in [0.25, 0.3) is 0 Å². The predicted octanol–water partition coefficient (Wildman–Crippen LogP) is 3.56. The number of halogens is 1. The molecule has 112 valence electrons. The molecular formula is C16H20BrN3O. The minimum Gasteiger partial charge on any atom is -0.341 e. The summed E-state index contributed by atoms with van der Waals surface area (Å²) in [5, 5.41) is 6.26. The smallest absolute Gasteiger partial charge is 0.244 e. The topological polar surface area (TPSA) is 46.1 Å². The zero-order chi connectivity index (χ0) is 15.2. The van der Waals surface area contributed by atoms with E-state index in [0.717, 1.165) is 22.4 Å². The number of anilines is 1. The Hall–Kier alpha value is -1.59. The molecule has 2 N–H and O–H groups in total. The quantitative estimate of drug-likeness (QED) is 0.837. The minimum absolute atomic E-state index is 0.0292. The van der Waals surface area contributed by atoms with Gasteiger partial charge in [-0.05, 0) is 49.9 Å². The molecule has 0 bridgehead atoms. The van der Waals surface area contributed by atoms with Crippen molar-refractivity contribution in [1.29, 1.82) is 0 Å². The van der Waals surface area contributed by atoms with Crippen molar-refractivity contribution in [3.8, 4) is 0 Å². The highest BCUT2D eigenvalue weighted by Gasteiger charge is 2.11. The molecule has 0 radical (unpaired) electrons. The lowest BCUT2D eigenvalue weighted by Gasteiger charge is -2.16. The van der Waals surface area contributed by atoms with Gasteiger partial charge >= 0.3 is 0 Å². The summed E-state index contributed by atoms with van der Waals surface area (Å²) in [6, 6.07) is 11.8. The zero-order valence-corrected chi connectivity index (χ0v) is 13.9. The van der Waals surface area contributed by atoms with Gasteiger partial charge in [0.1, 0.15) is 6.54 Å². The standard InChI is InChI=1S/C16H20BrN3O/c1-3-18-12(2)15-5-4-10-20(15)11-16(21)19-14-8-6-13(17)7-9-14/h4-10,12,18H,3,11H2,1-2H3,(H,19,21). The third-order valence-electron chi connectivity index (χ3n) is 3.26. The molecule has 0 saturated heterocycles. The summed E-state index contributed by atoms with van der Waals surface area (Å²) in [6.45, 7) is 5.39. The molecule has 1 aromatic heterocycles. The Bertz CT molecular complexity index is 592. The lowest BCUT2D eigenvalue weighted by atomic mass is 10.2. The lowest BCUT2D eigenvalue weighted by Crippen LogP contribution is -2.24. The first-order valence-corrected chi connectivity index (χ1v) is 7.83. The molecule has 1 atom stereocenters. The fourth-order valence-corrected chi connectivity index (χ4v) is 2.53. The normalized spacial score (nSPS) is 12.1. The fourth-order valence-electron chi connectivity index (χ4n) is 2.26. The van der Waals surface area contributed by atoms with Crippen LogP contribution in [0.5, 0.6) is 0 Å². The number of aromatic nitrogens is 1. The van der Waals surface area contributed by atoms with Gasteiger partial charge in [-0.15, -0.1) is 0 Å². The van der Waals surface area contributed by atoms with Gasteiger partial charge in [0.2, 0.25) is 5.91 Å². The monoisotopic (exact) mass is 349 g/mol. The molecule has 0 saturated carbocycles. The maximum absolute atomic E-state index is 12.1. The van der Waals surface area contributed by atoms with Gasteiger partial charge in [-0.25, -0.2) is 0 Å². The molecule has 1 unspecified atom stereocenters. The van der Waals surface area contributed by atoms with Crippen LogP contribution in [0.15, 0.2) is 47.1 Å². The number of amides is 1. The van der Waals surface area contributed by atoms with E-state index in [2.05, 4.69) is 40.4 Å². The Morgan fingerprint density at radius 3 is 2.67 bits per heavy atom. The molecule has 0 aliphatic carbocycles. The van der Waals surface area contributed by atoms with E-state index in [4.69, 9.17) is 0 Å². The van der Waals surface area contributed by atoms with Gasteiger partial charge < -0.3 is 15.2 Å². The number of carbonyl (C=O) groups excluding carboxylic acids is 1. The molecule has 1 heterocycles. The first-order chi connectivity index (χ1) is 10.1. The van der Waals surface area contributed by atoms with Crippen molar-refractivity contribution in [3.63, 3.8) is 0 Å². The minimum atomic E-state index is -0.0292. The van der Waals surface area contributed by atoms with Crippen molar-refractivity contribution in [2.75, 3.05) is 11.9 Å². The SMILES string of the molecule is CCNC(C)c1cccn1CC(=O)Nc1ccc(Br)cc1. The second-order valence-electron chi connectivity index (χ2n) is 4.90. The van der Waals surface area contributed by atoms with Gasteiger partial charge in [-0.2, -0.15) is 0 Å². The van der Waals surface area contributed by atoms with E-state index in [1.165, 1.54) is 0 Å². The first-order valence-electron chi connectivity index (χ1n) is 7.04. The van der Waals surface area contributed by atoms with Crippen molar-refractivity contribution in [3.05, 3.63) is 52.8 Å². The number of benzene rings is 1. The largest absolute Gasteiger partial charge is 0.341 e. The Labute approximate surface area is 133 Å². The summed E-state index contributed by atoms with van der Waals surface area (Å²) in [5.74, 6) is -0.0292. The summed E-state index contributed by atoms with van der Waals surface area (Å²) < 4.78 is 2.97. The molecule has 2 aromatic rings. The summed E-state index contributed by atoms with van der Waals surface area (Å²) >= 11 is 3.38. The van der Waals surface area contributed by atoms with Crippen LogP contribution < -0.4 is 10.6 Å². The Kier molecular flexibility index (Phi) is 5.59. The van der Waals surface area contributed by atoms with E-state index >= 15 is 0 Å². The van der Waals surface area contributed by atoms with Crippen LogP contribution in [-0.2, 0) is 11.3 Å². The molecule has 0 spiro atoms. The third kappa shape index (κ3) is 4.44. The fraction of sp³-hybridized carbons (Fsp3) is 0.312. The predicted molar refractivity (Wildman–Crippen MR) is 89.3 cm³/mol. The average molecular weight is 350 g/mol. The van der Waals surface area contributed by atoms with Gasteiger partial charge in [-0.3, -0.25) is 4.79 Å². The summed E-state index contributed by atoms with van der Waals surface area (Å²) in [7, 11) is 0. The van der Waals surface area contributed by atoms with Crippen LogP contribution in [0.4, 0.5) is 5.69 Å². The van der Waals surface area contributed by atoms with Gasteiger partial charge in [0, 0.05) is 28.1 Å². The van der Waals surface area contributed by atoms with Crippen LogP contribution in [0.1, 0.15) is 25.6 Å². The summed E-state index contributed by atoms with van der Waals surface area (Å²) in [6.07, 6.45) is 1.93. The van der Waals surface area contributed by atoms with Crippen LogP contribution in [0.3, 0.4) is 0 Å². The van der Waals surface area contributed by atoms with Crippen LogP contribution in [0.2, 0.25) is 0 Å². The van der Waals surface area contributed by atoms with Crippen LogP contribution in [0, 0.1) is 0 Å². The molecule has 21 heavy (non-hydrogen) atoms. The van der Waals surface area contributed by atoms with E-state index < -0.39 is 0 Å². The van der Waals surface area contributed by atoms with E-state index in [1.54, 1.807) is 0 Å². The van der Waals surface area contributed by atoms with Crippen molar-refractivity contribution in [2.24, 2.45) is 0 Å². The molecule has 4 nitrogen and oxygen atoms in total. The molecule has 1 aromatic carbocycles. The highest BCUT2D eigenvalue weighted by Crippen LogP contribution is 2.15. The highest BCUT2D eigenvalue weighted by molar-refractivity contribution is 9.10. The summed E-state index contributed by atoms with van der Waals surface area (Å²) in [5.41, 5.74) is 1.92. The second-order valence-corrected chi connectivity index (χ2v) is 5.81. The molecule has 1 amide bonds. The molecule has 0 aliphatic rings. The Morgan fingerprint density at radius 2 is 2.00 bits per heavy atom. The van der Waals surface area contributed by atoms with E-state index in [-0.39, 0.29) is 11.9 Å². The maximum Gasteiger partial charge on any atom is 0.244 e. The zero-order valence-electron chi connectivity index (χ0n) is 12.3. The molecule has 0 fully saturated rings. The van der Waals surface area contributed by atoms with Crippen molar-refractivity contribution >= 4 is 27.5 Å². The highest BCUT2D eigenvalue weighted by atomic mass is 79.9. The third-order valence-corrected chi connectivity index (χ3v) is 3.79. The number of hydrogen-bond donors (Lipinski definition) is 2. The van der Waals surface area contributed by atoms with Gasteiger partial charge in [-0.1, -0.05) is 22.9 Å². The van der Waals surface area contributed by atoms with Crippen molar-refractivity contribution in [2.45, 2.75) is 26.4 Å². The molecular weight excluding hydrogens is 330 g/mol. The van der Waals surface area contributed by atoms with Crippen LogP contribution in [-0.4, -0.2) is 17.0 Å². The average Bonchev–Trinajstić information content (AvgIpc) is 2.90. The number of rotatable bonds is 6. The van der Waals surface area contributed by atoms with E-state index in [1.807, 2.05) is 47.2 Å². The van der Waals surface area contributed by atoms with E-state index in [9.17, 15) is 4.79 Å². The first kappa shape index (κ1) is 15.8. The number of hydrogen-bond acceptors (Lipinski definition) is 2. The van der Waals surface area contributed by atoms with Crippen molar-refractivity contribution in [1.82, 2.24) is 9.88 Å².